The van der Waals surface area contributed by atoms with Gasteiger partial charge in [0.25, 0.3) is 0 Å². The highest BCUT2D eigenvalue weighted by atomic mass is 32.1. The lowest BCUT2D eigenvalue weighted by atomic mass is 10.1. The molecule has 0 aliphatic heterocycles. The van der Waals surface area contributed by atoms with E-state index >= 15 is 0 Å². The number of thiophene rings is 1. The highest BCUT2D eigenvalue weighted by molar-refractivity contribution is 7.07. The van der Waals surface area contributed by atoms with E-state index in [1.165, 1.54) is 16.8 Å². The SMILES string of the molecule is CC(C)CNCc1ccncc1N(C)Cc1ccsc1. The number of hydrogen-bond acceptors (Lipinski definition) is 4. The standard InChI is InChI=1S/C16H23N3S/c1-13(2)8-18-9-15-4-6-17-10-16(15)19(3)11-14-5-7-20-12-14/h4-7,10,12-13,18H,8-9,11H2,1-3H3. The normalized spacial score (nSPS) is 11.0. The Balaban J connectivity index is 2.02. The van der Waals surface area contributed by atoms with E-state index in [1.54, 1.807) is 11.3 Å². The van der Waals surface area contributed by atoms with E-state index in [0.717, 1.165) is 19.6 Å². The minimum absolute atomic E-state index is 0.670. The topological polar surface area (TPSA) is 28.2 Å². The van der Waals surface area contributed by atoms with Gasteiger partial charge in [-0.15, -0.1) is 0 Å². The van der Waals surface area contributed by atoms with E-state index in [9.17, 15) is 0 Å². The molecule has 2 aromatic rings. The maximum Gasteiger partial charge on any atom is 0.0598 e. The Kier molecular flexibility index (Phi) is 5.56. The molecule has 0 saturated heterocycles. The van der Waals surface area contributed by atoms with Gasteiger partial charge in [-0.05, 0) is 46.5 Å². The Labute approximate surface area is 125 Å². The molecule has 20 heavy (non-hydrogen) atoms. The van der Waals surface area contributed by atoms with Gasteiger partial charge in [-0.25, -0.2) is 0 Å². The summed E-state index contributed by atoms with van der Waals surface area (Å²) in [6.45, 7) is 7.30. The lowest BCUT2D eigenvalue weighted by Crippen LogP contribution is -2.23. The minimum Gasteiger partial charge on any atom is -0.369 e. The molecule has 0 bridgehead atoms. The van der Waals surface area contributed by atoms with Gasteiger partial charge < -0.3 is 10.2 Å². The number of pyridine rings is 1. The van der Waals surface area contributed by atoms with Crippen LogP contribution in [0.15, 0.2) is 35.3 Å². The summed E-state index contributed by atoms with van der Waals surface area (Å²) in [4.78, 5) is 6.54. The van der Waals surface area contributed by atoms with Crippen molar-refractivity contribution in [1.82, 2.24) is 10.3 Å². The number of rotatable bonds is 7. The molecule has 4 heteroatoms. The van der Waals surface area contributed by atoms with Crippen molar-refractivity contribution in [2.24, 2.45) is 5.92 Å². The maximum atomic E-state index is 4.27. The molecule has 0 aromatic carbocycles. The summed E-state index contributed by atoms with van der Waals surface area (Å²) in [5.41, 5.74) is 3.86. The third-order valence-corrected chi connectivity index (χ3v) is 3.90. The van der Waals surface area contributed by atoms with Crippen molar-refractivity contribution in [3.63, 3.8) is 0 Å². The molecule has 0 amide bonds. The Morgan fingerprint density at radius 3 is 2.90 bits per heavy atom. The number of hydrogen-bond donors (Lipinski definition) is 1. The van der Waals surface area contributed by atoms with Crippen molar-refractivity contribution in [2.75, 3.05) is 18.5 Å². The van der Waals surface area contributed by atoms with Gasteiger partial charge in [0.15, 0.2) is 0 Å². The van der Waals surface area contributed by atoms with Crippen molar-refractivity contribution in [1.29, 1.82) is 0 Å². The van der Waals surface area contributed by atoms with Crippen LogP contribution >= 0.6 is 11.3 Å². The number of nitrogens with zero attached hydrogens (tertiary/aromatic N) is 2. The average Bonchev–Trinajstić information content (AvgIpc) is 2.91. The van der Waals surface area contributed by atoms with Crippen LogP contribution in [-0.4, -0.2) is 18.6 Å². The maximum absolute atomic E-state index is 4.27. The molecular formula is C16H23N3S. The second-order valence-electron chi connectivity index (χ2n) is 5.52. The van der Waals surface area contributed by atoms with Gasteiger partial charge >= 0.3 is 0 Å². The first-order valence-electron chi connectivity index (χ1n) is 7.02. The lowest BCUT2D eigenvalue weighted by Gasteiger charge is -2.22. The van der Waals surface area contributed by atoms with Crippen LogP contribution in [0.1, 0.15) is 25.0 Å². The van der Waals surface area contributed by atoms with Gasteiger partial charge in [-0.3, -0.25) is 4.98 Å². The molecule has 0 aliphatic carbocycles. The summed E-state index contributed by atoms with van der Waals surface area (Å²) >= 11 is 1.74. The third kappa shape index (κ3) is 4.32. The molecule has 0 saturated carbocycles. The van der Waals surface area contributed by atoms with E-state index in [2.05, 4.69) is 59.0 Å². The van der Waals surface area contributed by atoms with E-state index in [-0.39, 0.29) is 0 Å². The third-order valence-electron chi connectivity index (χ3n) is 3.17. The molecule has 0 spiro atoms. The summed E-state index contributed by atoms with van der Waals surface area (Å²) in [6.07, 6.45) is 3.83. The van der Waals surface area contributed by atoms with Crippen LogP contribution in [0.5, 0.6) is 0 Å². The molecule has 0 radical (unpaired) electrons. The van der Waals surface area contributed by atoms with E-state index in [1.807, 2.05) is 12.4 Å². The summed E-state index contributed by atoms with van der Waals surface area (Å²) in [5.74, 6) is 0.670. The fraction of sp³-hybridized carbons (Fsp3) is 0.438. The van der Waals surface area contributed by atoms with E-state index in [4.69, 9.17) is 0 Å². The highest BCUT2D eigenvalue weighted by Crippen LogP contribution is 2.20. The summed E-state index contributed by atoms with van der Waals surface area (Å²) in [5, 5.41) is 7.82. The second kappa shape index (κ2) is 7.41. The molecule has 0 unspecified atom stereocenters. The van der Waals surface area contributed by atoms with E-state index in [0.29, 0.717) is 5.92 Å². The molecule has 0 atom stereocenters. The monoisotopic (exact) mass is 289 g/mol. The summed E-state index contributed by atoms with van der Waals surface area (Å²) in [6, 6.07) is 4.28. The van der Waals surface area contributed by atoms with Crippen LogP contribution in [0.2, 0.25) is 0 Å². The van der Waals surface area contributed by atoms with Crippen LogP contribution < -0.4 is 10.2 Å². The van der Waals surface area contributed by atoms with Crippen molar-refractivity contribution >= 4 is 17.0 Å². The van der Waals surface area contributed by atoms with Gasteiger partial charge in [-0.2, -0.15) is 11.3 Å². The van der Waals surface area contributed by atoms with Gasteiger partial charge in [0.2, 0.25) is 0 Å². The number of anilines is 1. The zero-order valence-electron chi connectivity index (χ0n) is 12.5. The average molecular weight is 289 g/mol. The molecular weight excluding hydrogens is 266 g/mol. The van der Waals surface area contributed by atoms with Crippen LogP contribution in [-0.2, 0) is 13.1 Å². The fourth-order valence-corrected chi connectivity index (χ4v) is 2.81. The molecule has 2 aromatic heterocycles. The highest BCUT2D eigenvalue weighted by Gasteiger charge is 2.08. The first-order chi connectivity index (χ1) is 9.66. The van der Waals surface area contributed by atoms with Crippen LogP contribution in [0.25, 0.3) is 0 Å². The minimum atomic E-state index is 0.670. The van der Waals surface area contributed by atoms with Gasteiger partial charge in [0.1, 0.15) is 0 Å². The molecule has 0 fully saturated rings. The molecule has 3 nitrogen and oxygen atoms in total. The van der Waals surface area contributed by atoms with Crippen molar-refractivity contribution in [2.45, 2.75) is 26.9 Å². The molecule has 2 rings (SSSR count). The molecule has 1 N–H and O–H groups in total. The van der Waals surface area contributed by atoms with Gasteiger partial charge in [-0.1, -0.05) is 13.8 Å². The Bertz CT molecular complexity index is 508. The summed E-state index contributed by atoms with van der Waals surface area (Å²) < 4.78 is 0. The predicted molar refractivity (Wildman–Crippen MR) is 87.2 cm³/mol. The Morgan fingerprint density at radius 2 is 2.20 bits per heavy atom. The fourth-order valence-electron chi connectivity index (χ4n) is 2.15. The summed E-state index contributed by atoms with van der Waals surface area (Å²) in [7, 11) is 2.13. The lowest BCUT2D eigenvalue weighted by molar-refractivity contribution is 0.552. The van der Waals surface area contributed by atoms with E-state index < -0.39 is 0 Å². The quantitative estimate of drug-likeness (QED) is 0.845. The smallest absolute Gasteiger partial charge is 0.0598 e. The van der Waals surface area contributed by atoms with Crippen LogP contribution in [0, 0.1) is 5.92 Å². The molecule has 108 valence electrons. The number of nitrogens with one attached hydrogen (secondary N) is 1. The van der Waals surface area contributed by atoms with Crippen molar-refractivity contribution in [3.8, 4) is 0 Å². The van der Waals surface area contributed by atoms with Crippen molar-refractivity contribution < 1.29 is 0 Å². The Morgan fingerprint density at radius 1 is 1.35 bits per heavy atom. The first-order valence-corrected chi connectivity index (χ1v) is 7.97. The molecule has 2 heterocycles. The zero-order chi connectivity index (χ0) is 14.4. The Hall–Kier alpha value is -1.39. The van der Waals surface area contributed by atoms with Crippen molar-refractivity contribution in [3.05, 3.63) is 46.4 Å². The largest absolute Gasteiger partial charge is 0.369 e. The van der Waals surface area contributed by atoms with Crippen LogP contribution in [0.3, 0.4) is 0 Å². The van der Waals surface area contributed by atoms with Gasteiger partial charge in [0, 0.05) is 26.3 Å². The number of aromatic nitrogens is 1. The van der Waals surface area contributed by atoms with Gasteiger partial charge in [0.05, 0.1) is 11.9 Å². The van der Waals surface area contributed by atoms with Crippen LogP contribution in [0.4, 0.5) is 5.69 Å². The zero-order valence-corrected chi connectivity index (χ0v) is 13.3. The molecule has 0 aliphatic rings. The predicted octanol–water partition coefficient (Wildman–Crippen LogP) is 3.53. The second-order valence-corrected chi connectivity index (χ2v) is 6.30. The first kappa shape index (κ1) is 15.0.